The molecule has 2 fully saturated rings. The van der Waals surface area contributed by atoms with Crippen LogP contribution in [0.25, 0.3) is 0 Å². The first-order valence-electron chi connectivity index (χ1n) is 10.4. The number of carbonyl (C=O) groups is 2. The van der Waals surface area contributed by atoms with Crippen LogP contribution in [0.4, 0.5) is 0 Å². The van der Waals surface area contributed by atoms with Crippen molar-refractivity contribution in [1.29, 1.82) is 0 Å². The standard InChI is InChI=1S/C19H33NO13/c1-5-29-17(26)15-13(9(22)10(23)18(28-4)33-15)30-6-7-31-19-11(24)8(21)12(27-3)14(32-19)16(25)20-2/h8-15,18-19,21-24H,5-7H2,1-4H3,(H,20,25)/t8-,9-,10+,11+,12+,13+,14?,15?,18?,19?/m1/s1. The van der Waals surface area contributed by atoms with Gasteiger partial charge in [0.15, 0.2) is 24.8 Å². The molecule has 0 bridgehead atoms. The molecule has 2 saturated heterocycles. The van der Waals surface area contributed by atoms with Gasteiger partial charge in [0.05, 0.1) is 19.8 Å². The first-order valence-corrected chi connectivity index (χ1v) is 10.4. The molecule has 0 saturated carbocycles. The average Bonchev–Trinajstić information content (AvgIpc) is 2.81. The Labute approximate surface area is 190 Å². The highest BCUT2D eigenvalue weighted by molar-refractivity contribution is 5.81. The highest BCUT2D eigenvalue weighted by atomic mass is 16.7. The molecule has 2 rings (SSSR count). The van der Waals surface area contributed by atoms with E-state index in [0.717, 1.165) is 0 Å². The Morgan fingerprint density at radius 1 is 0.818 bits per heavy atom. The van der Waals surface area contributed by atoms with E-state index in [1.807, 2.05) is 0 Å². The third-order valence-electron chi connectivity index (χ3n) is 5.29. The Morgan fingerprint density at radius 2 is 1.39 bits per heavy atom. The number of aliphatic hydroxyl groups is 4. The van der Waals surface area contributed by atoms with Crippen molar-refractivity contribution >= 4 is 11.9 Å². The molecule has 4 unspecified atom stereocenters. The molecule has 192 valence electrons. The van der Waals surface area contributed by atoms with E-state index in [2.05, 4.69) is 5.32 Å². The number of hydrogen-bond donors (Lipinski definition) is 5. The molecule has 14 heteroatoms. The average molecular weight is 483 g/mol. The topological polar surface area (TPSA) is 192 Å². The van der Waals surface area contributed by atoms with Crippen LogP contribution in [0.15, 0.2) is 0 Å². The fraction of sp³-hybridized carbons (Fsp3) is 0.895. The van der Waals surface area contributed by atoms with E-state index in [1.54, 1.807) is 6.92 Å². The van der Waals surface area contributed by atoms with E-state index in [9.17, 15) is 30.0 Å². The first kappa shape index (κ1) is 27.8. The van der Waals surface area contributed by atoms with Crippen LogP contribution in [0.3, 0.4) is 0 Å². The van der Waals surface area contributed by atoms with E-state index < -0.39 is 73.3 Å². The molecule has 2 aliphatic heterocycles. The minimum Gasteiger partial charge on any atom is -0.464 e. The summed E-state index contributed by atoms with van der Waals surface area (Å²) < 4.78 is 36.7. The minimum atomic E-state index is -1.54. The second-order valence-electron chi connectivity index (χ2n) is 7.32. The fourth-order valence-corrected chi connectivity index (χ4v) is 3.57. The summed E-state index contributed by atoms with van der Waals surface area (Å²) in [7, 11) is 3.87. The van der Waals surface area contributed by atoms with Crippen LogP contribution in [-0.2, 0) is 42.7 Å². The van der Waals surface area contributed by atoms with Crippen LogP contribution in [0.1, 0.15) is 6.92 Å². The van der Waals surface area contributed by atoms with Gasteiger partial charge in [0.2, 0.25) is 0 Å². The normalized spacial score (nSPS) is 39.2. The maximum atomic E-state index is 12.2. The fourth-order valence-electron chi connectivity index (χ4n) is 3.57. The molecule has 0 aromatic rings. The van der Waals surface area contributed by atoms with E-state index in [-0.39, 0.29) is 19.8 Å². The Hall–Kier alpha value is -1.46. The summed E-state index contributed by atoms with van der Waals surface area (Å²) in [6, 6.07) is 0. The lowest BCUT2D eigenvalue weighted by Crippen LogP contribution is -2.62. The summed E-state index contributed by atoms with van der Waals surface area (Å²) >= 11 is 0. The van der Waals surface area contributed by atoms with Crippen molar-refractivity contribution in [1.82, 2.24) is 5.32 Å². The smallest absolute Gasteiger partial charge is 0.338 e. The van der Waals surface area contributed by atoms with Crippen molar-refractivity contribution in [3.05, 3.63) is 0 Å². The van der Waals surface area contributed by atoms with E-state index >= 15 is 0 Å². The molecular weight excluding hydrogens is 450 g/mol. The maximum absolute atomic E-state index is 12.2. The quantitative estimate of drug-likeness (QED) is 0.150. The Kier molecular flexibility index (Phi) is 10.8. The Balaban J connectivity index is 1.98. The molecule has 14 nitrogen and oxygen atoms in total. The number of ether oxygens (including phenoxy) is 7. The van der Waals surface area contributed by atoms with E-state index in [4.69, 9.17) is 33.2 Å². The summed E-state index contributed by atoms with van der Waals surface area (Å²) in [6.07, 6.45) is -13.8. The van der Waals surface area contributed by atoms with Gasteiger partial charge < -0.3 is 58.9 Å². The van der Waals surface area contributed by atoms with Gasteiger partial charge in [-0.1, -0.05) is 0 Å². The SMILES string of the molecule is CCOC(=O)C1OC(OC)[C@@H](O)[C@@H](O)[C@@H]1OCCOC1OC(C(=O)NC)[C@@H](OC)[C@H](O)[C@@H]1O. The molecule has 1 amide bonds. The van der Waals surface area contributed by atoms with Crippen LogP contribution in [0.5, 0.6) is 0 Å². The van der Waals surface area contributed by atoms with Crippen LogP contribution in [-0.4, -0.2) is 135 Å². The zero-order chi connectivity index (χ0) is 24.7. The monoisotopic (exact) mass is 483 g/mol. The van der Waals surface area contributed by atoms with Crippen molar-refractivity contribution in [3.8, 4) is 0 Å². The number of carbonyl (C=O) groups excluding carboxylic acids is 2. The molecule has 0 aromatic heterocycles. The summed E-state index contributed by atoms with van der Waals surface area (Å²) in [5.74, 6) is -1.40. The highest BCUT2D eigenvalue weighted by Gasteiger charge is 2.50. The van der Waals surface area contributed by atoms with Gasteiger partial charge in [-0.2, -0.15) is 0 Å². The molecular formula is C19H33NO13. The van der Waals surface area contributed by atoms with Crippen LogP contribution in [0, 0.1) is 0 Å². The molecule has 10 atom stereocenters. The molecule has 33 heavy (non-hydrogen) atoms. The summed E-state index contributed by atoms with van der Waals surface area (Å²) in [6.45, 7) is 1.16. The van der Waals surface area contributed by atoms with Gasteiger partial charge in [0.1, 0.15) is 36.6 Å². The lowest BCUT2D eigenvalue weighted by Gasteiger charge is -2.41. The molecule has 5 N–H and O–H groups in total. The number of hydrogen-bond acceptors (Lipinski definition) is 13. The predicted octanol–water partition coefficient (Wildman–Crippen LogP) is -3.75. The van der Waals surface area contributed by atoms with Crippen LogP contribution >= 0.6 is 0 Å². The van der Waals surface area contributed by atoms with Gasteiger partial charge in [0, 0.05) is 21.3 Å². The summed E-state index contributed by atoms with van der Waals surface area (Å²) in [5.41, 5.74) is 0. The van der Waals surface area contributed by atoms with Gasteiger partial charge in [0.25, 0.3) is 5.91 Å². The number of aliphatic hydroxyl groups excluding tert-OH is 4. The number of methoxy groups -OCH3 is 2. The zero-order valence-corrected chi connectivity index (χ0v) is 18.9. The second kappa shape index (κ2) is 12.9. The molecule has 2 aliphatic rings. The maximum Gasteiger partial charge on any atom is 0.338 e. The number of amides is 1. The lowest BCUT2D eigenvalue weighted by atomic mass is 9.98. The lowest BCUT2D eigenvalue weighted by molar-refractivity contribution is -0.306. The number of esters is 1. The van der Waals surface area contributed by atoms with Crippen molar-refractivity contribution in [2.75, 3.05) is 41.1 Å². The third-order valence-corrected chi connectivity index (χ3v) is 5.29. The largest absolute Gasteiger partial charge is 0.464 e. The van der Waals surface area contributed by atoms with Gasteiger partial charge in [-0.05, 0) is 6.92 Å². The van der Waals surface area contributed by atoms with E-state index in [1.165, 1.54) is 21.3 Å². The molecule has 0 spiro atoms. The number of likely N-dealkylation sites (N-methyl/N-ethyl adjacent to an activating group) is 1. The van der Waals surface area contributed by atoms with Crippen molar-refractivity contribution < 1.29 is 63.2 Å². The minimum absolute atomic E-state index is 0.0546. The third kappa shape index (κ3) is 6.36. The Bertz CT molecular complexity index is 637. The Morgan fingerprint density at radius 3 is 1.97 bits per heavy atom. The van der Waals surface area contributed by atoms with Gasteiger partial charge in [-0.3, -0.25) is 4.79 Å². The van der Waals surface area contributed by atoms with Gasteiger partial charge in [-0.15, -0.1) is 0 Å². The summed E-state index contributed by atoms with van der Waals surface area (Å²) in [4.78, 5) is 24.3. The number of nitrogens with one attached hydrogen (secondary N) is 1. The first-order chi connectivity index (χ1) is 15.7. The van der Waals surface area contributed by atoms with Crippen LogP contribution < -0.4 is 5.32 Å². The molecule has 0 radical (unpaired) electrons. The molecule has 0 aromatic carbocycles. The highest BCUT2D eigenvalue weighted by Crippen LogP contribution is 2.26. The number of rotatable bonds is 10. The van der Waals surface area contributed by atoms with Gasteiger partial charge in [-0.25, -0.2) is 4.79 Å². The van der Waals surface area contributed by atoms with Gasteiger partial charge >= 0.3 is 5.97 Å². The second-order valence-corrected chi connectivity index (χ2v) is 7.32. The van der Waals surface area contributed by atoms with Crippen molar-refractivity contribution in [2.45, 2.75) is 68.3 Å². The van der Waals surface area contributed by atoms with Crippen molar-refractivity contribution in [2.24, 2.45) is 0 Å². The zero-order valence-electron chi connectivity index (χ0n) is 18.9. The summed E-state index contributed by atoms with van der Waals surface area (Å²) in [5, 5.41) is 43.4. The van der Waals surface area contributed by atoms with E-state index in [0.29, 0.717) is 0 Å². The molecule has 2 heterocycles. The predicted molar refractivity (Wildman–Crippen MR) is 106 cm³/mol. The molecule has 0 aliphatic carbocycles. The van der Waals surface area contributed by atoms with Crippen molar-refractivity contribution in [3.63, 3.8) is 0 Å². The van der Waals surface area contributed by atoms with Crippen LogP contribution in [0.2, 0.25) is 0 Å².